The molecular formula is C19H30N2O. The molecule has 1 aromatic carbocycles. The number of carbonyl (C=O) groups excluding carboxylic acids is 1. The Labute approximate surface area is 135 Å². The smallest absolute Gasteiger partial charge is 0.241 e. The van der Waals surface area contributed by atoms with Crippen molar-refractivity contribution in [3.05, 3.63) is 29.3 Å². The van der Waals surface area contributed by atoms with Crippen LogP contribution in [-0.2, 0) is 4.79 Å². The first-order chi connectivity index (χ1) is 10.6. The fourth-order valence-corrected chi connectivity index (χ4v) is 3.50. The Morgan fingerprint density at radius 3 is 2.55 bits per heavy atom. The maximum Gasteiger partial charge on any atom is 0.241 e. The van der Waals surface area contributed by atoms with Crippen molar-refractivity contribution in [2.45, 2.75) is 59.4 Å². The molecule has 1 N–H and O–H groups in total. The summed E-state index contributed by atoms with van der Waals surface area (Å²) in [6, 6.07) is 6.18. The van der Waals surface area contributed by atoms with Crippen LogP contribution in [0.5, 0.6) is 0 Å². The van der Waals surface area contributed by atoms with Gasteiger partial charge in [0.1, 0.15) is 0 Å². The number of rotatable bonds is 5. The predicted octanol–water partition coefficient (Wildman–Crippen LogP) is 4.14. The molecule has 0 bridgehead atoms. The van der Waals surface area contributed by atoms with E-state index < -0.39 is 0 Å². The Hall–Kier alpha value is -1.35. The first kappa shape index (κ1) is 17.0. The van der Waals surface area contributed by atoms with Crippen LogP contribution in [0.15, 0.2) is 18.2 Å². The van der Waals surface area contributed by atoms with E-state index >= 15 is 0 Å². The molecule has 2 atom stereocenters. The van der Waals surface area contributed by atoms with E-state index in [9.17, 15) is 4.79 Å². The largest absolute Gasteiger partial charge is 0.324 e. The molecule has 1 heterocycles. The van der Waals surface area contributed by atoms with Gasteiger partial charge in [0, 0.05) is 5.69 Å². The molecule has 1 amide bonds. The number of anilines is 1. The number of hydrogen-bond donors (Lipinski definition) is 1. The van der Waals surface area contributed by atoms with E-state index in [0.29, 0.717) is 5.92 Å². The molecule has 1 aliphatic heterocycles. The second-order valence-electron chi connectivity index (χ2n) is 6.61. The van der Waals surface area contributed by atoms with Crippen LogP contribution in [0.4, 0.5) is 5.69 Å². The highest BCUT2D eigenvalue weighted by Crippen LogP contribution is 2.27. The van der Waals surface area contributed by atoms with Crippen molar-refractivity contribution in [2.24, 2.45) is 5.92 Å². The van der Waals surface area contributed by atoms with E-state index in [0.717, 1.165) is 42.7 Å². The van der Waals surface area contributed by atoms with Gasteiger partial charge < -0.3 is 5.32 Å². The summed E-state index contributed by atoms with van der Waals surface area (Å²) in [5.41, 5.74) is 3.26. The SMILES string of the molecule is CCCN1CC[C@@H](CC)C[C@H]1C(=O)Nc1c(C)cccc1C. The second-order valence-corrected chi connectivity index (χ2v) is 6.61. The van der Waals surface area contributed by atoms with Crippen molar-refractivity contribution in [1.29, 1.82) is 0 Å². The molecule has 122 valence electrons. The zero-order chi connectivity index (χ0) is 16.1. The molecule has 3 heteroatoms. The number of likely N-dealkylation sites (tertiary alicyclic amines) is 1. The van der Waals surface area contributed by atoms with Crippen LogP contribution < -0.4 is 5.32 Å². The zero-order valence-corrected chi connectivity index (χ0v) is 14.5. The van der Waals surface area contributed by atoms with E-state index in [-0.39, 0.29) is 11.9 Å². The average Bonchev–Trinajstić information content (AvgIpc) is 2.51. The van der Waals surface area contributed by atoms with Crippen LogP contribution in [0.1, 0.15) is 50.7 Å². The molecule has 1 saturated heterocycles. The zero-order valence-electron chi connectivity index (χ0n) is 14.5. The molecule has 3 nitrogen and oxygen atoms in total. The van der Waals surface area contributed by atoms with Gasteiger partial charge in [0.15, 0.2) is 0 Å². The Bertz CT molecular complexity index is 492. The van der Waals surface area contributed by atoms with Gasteiger partial charge >= 0.3 is 0 Å². The maximum absolute atomic E-state index is 12.9. The Balaban J connectivity index is 2.14. The van der Waals surface area contributed by atoms with Gasteiger partial charge in [-0.25, -0.2) is 0 Å². The van der Waals surface area contributed by atoms with Gasteiger partial charge in [-0.05, 0) is 63.2 Å². The molecular weight excluding hydrogens is 272 g/mol. The molecule has 1 aromatic rings. The van der Waals surface area contributed by atoms with Crippen molar-refractivity contribution >= 4 is 11.6 Å². The van der Waals surface area contributed by atoms with E-state index in [4.69, 9.17) is 0 Å². The number of piperidine rings is 1. The standard InChI is InChI=1S/C19H30N2O/c1-5-11-21-12-10-16(6-2)13-17(21)19(22)20-18-14(3)8-7-9-15(18)4/h7-9,16-17H,5-6,10-13H2,1-4H3,(H,20,22)/t16-,17+/m1/s1. The molecule has 0 radical (unpaired) electrons. The minimum Gasteiger partial charge on any atom is -0.324 e. The van der Waals surface area contributed by atoms with E-state index in [1.807, 2.05) is 6.07 Å². The van der Waals surface area contributed by atoms with Crippen molar-refractivity contribution < 1.29 is 4.79 Å². The number of benzene rings is 1. The average molecular weight is 302 g/mol. The number of amides is 1. The highest BCUT2D eigenvalue weighted by molar-refractivity contribution is 5.96. The third-order valence-corrected chi connectivity index (χ3v) is 4.94. The van der Waals surface area contributed by atoms with Crippen LogP contribution in [0.2, 0.25) is 0 Å². The van der Waals surface area contributed by atoms with Crippen molar-refractivity contribution in [1.82, 2.24) is 4.90 Å². The van der Waals surface area contributed by atoms with Crippen molar-refractivity contribution in [3.8, 4) is 0 Å². The van der Waals surface area contributed by atoms with E-state index in [2.05, 4.69) is 50.0 Å². The summed E-state index contributed by atoms with van der Waals surface area (Å²) in [6.45, 7) is 10.6. The number of carbonyl (C=O) groups is 1. The van der Waals surface area contributed by atoms with Gasteiger partial charge in [-0.2, -0.15) is 0 Å². The normalized spacial score (nSPS) is 22.5. The van der Waals surface area contributed by atoms with E-state index in [1.165, 1.54) is 12.8 Å². The minimum absolute atomic E-state index is 0.0256. The summed E-state index contributed by atoms with van der Waals surface area (Å²) >= 11 is 0. The summed E-state index contributed by atoms with van der Waals surface area (Å²) in [5, 5.41) is 3.20. The van der Waals surface area contributed by atoms with Gasteiger partial charge in [-0.3, -0.25) is 9.69 Å². The van der Waals surface area contributed by atoms with Gasteiger partial charge in [0.2, 0.25) is 5.91 Å². The lowest BCUT2D eigenvalue weighted by Crippen LogP contribution is -2.49. The third kappa shape index (κ3) is 3.89. The van der Waals surface area contributed by atoms with Crippen molar-refractivity contribution in [3.63, 3.8) is 0 Å². The number of para-hydroxylation sites is 1. The van der Waals surface area contributed by atoms with Crippen LogP contribution in [-0.4, -0.2) is 29.9 Å². The molecule has 22 heavy (non-hydrogen) atoms. The lowest BCUT2D eigenvalue weighted by Gasteiger charge is -2.38. The fourth-order valence-electron chi connectivity index (χ4n) is 3.50. The van der Waals surface area contributed by atoms with Crippen LogP contribution in [0, 0.1) is 19.8 Å². The van der Waals surface area contributed by atoms with Crippen molar-refractivity contribution in [2.75, 3.05) is 18.4 Å². The Morgan fingerprint density at radius 1 is 1.27 bits per heavy atom. The summed E-state index contributed by atoms with van der Waals surface area (Å²) < 4.78 is 0. The maximum atomic E-state index is 12.9. The number of nitrogens with zero attached hydrogens (tertiary/aromatic N) is 1. The highest BCUT2D eigenvalue weighted by Gasteiger charge is 2.32. The van der Waals surface area contributed by atoms with Crippen LogP contribution in [0.25, 0.3) is 0 Å². The fraction of sp³-hybridized carbons (Fsp3) is 0.632. The van der Waals surface area contributed by atoms with Gasteiger partial charge in [-0.1, -0.05) is 38.5 Å². The predicted molar refractivity (Wildman–Crippen MR) is 93.2 cm³/mol. The topological polar surface area (TPSA) is 32.3 Å². The summed E-state index contributed by atoms with van der Waals surface area (Å²) in [7, 11) is 0. The second kappa shape index (κ2) is 7.77. The third-order valence-electron chi connectivity index (χ3n) is 4.94. The first-order valence-corrected chi connectivity index (χ1v) is 8.67. The quantitative estimate of drug-likeness (QED) is 0.886. The Kier molecular flexibility index (Phi) is 6.01. The molecule has 1 fully saturated rings. The van der Waals surface area contributed by atoms with Gasteiger partial charge in [0.25, 0.3) is 0 Å². The first-order valence-electron chi connectivity index (χ1n) is 8.67. The molecule has 0 unspecified atom stereocenters. The van der Waals surface area contributed by atoms with Gasteiger partial charge in [0.05, 0.1) is 6.04 Å². The Morgan fingerprint density at radius 2 is 1.95 bits per heavy atom. The summed E-state index contributed by atoms with van der Waals surface area (Å²) in [6.07, 6.45) is 4.49. The monoisotopic (exact) mass is 302 g/mol. The molecule has 2 rings (SSSR count). The van der Waals surface area contributed by atoms with Gasteiger partial charge in [-0.15, -0.1) is 0 Å². The lowest BCUT2D eigenvalue weighted by atomic mass is 9.88. The summed E-state index contributed by atoms with van der Waals surface area (Å²) in [4.78, 5) is 15.2. The number of nitrogens with one attached hydrogen (secondary N) is 1. The molecule has 0 spiro atoms. The minimum atomic E-state index is 0.0256. The highest BCUT2D eigenvalue weighted by atomic mass is 16.2. The molecule has 0 aromatic heterocycles. The molecule has 0 aliphatic carbocycles. The molecule has 0 saturated carbocycles. The summed E-state index contributed by atoms with van der Waals surface area (Å²) in [5.74, 6) is 0.853. The van der Waals surface area contributed by atoms with Crippen LogP contribution >= 0.6 is 0 Å². The lowest BCUT2D eigenvalue weighted by molar-refractivity contribution is -0.123. The van der Waals surface area contributed by atoms with E-state index in [1.54, 1.807) is 0 Å². The van der Waals surface area contributed by atoms with Crippen LogP contribution in [0.3, 0.4) is 0 Å². The number of hydrogen-bond acceptors (Lipinski definition) is 2. The number of aryl methyl sites for hydroxylation is 2. The molecule has 1 aliphatic rings.